The molecule has 0 aliphatic rings. The van der Waals surface area contributed by atoms with Crippen LogP contribution in [0.5, 0.6) is 0 Å². The molecule has 0 aliphatic heterocycles. The summed E-state index contributed by atoms with van der Waals surface area (Å²) in [5, 5.41) is 4.86. The van der Waals surface area contributed by atoms with Gasteiger partial charge < -0.3 is 4.74 Å². The third kappa shape index (κ3) is 3.86. The number of nitrogens with one attached hydrogen (secondary N) is 1. The number of carbonyl (C=O) groups excluding carboxylic acids is 2. The second kappa shape index (κ2) is 6.25. The van der Waals surface area contributed by atoms with Gasteiger partial charge in [0.1, 0.15) is 0 Å². The standard InChI is InChI=1S/C13H13N3O3S/c1-8-3-4-10(5-14-8)12(18)19-6-11(17)16-13-15-9(2)7-20-13/h3-5,7H,6H2,1-2H3,(H,15,16,17). The van der Waals surface area contributed by atoms with Crippen molar-refractivity contribution in [3.05, 3.63) is 40.7 Å². The molecule has 0 atom stereocenters. The first-order valence-corrected chi connectivity index (χ1v) is 6.74. The van der Waals surface area contributed by atoms with Gasteiger partial charge >= 0.3 is 5.97 Å². The zero-order valence-corrected chi connectivity index (χ0v) is 11.9. The van der Waals surface area contributed by atoms with Crippen molar-refractivity contribution < 1.29 is 14.3 Å². The van der Waals surface area contributed by atoms with Crippen LogP contribution in [0, 0.1) is 13.8 Å². The van der Waals surface area contributed by atoms with Crippen LogP contribution < -0.4 is 5.32 Å². The molecule has 0 fully saturated rings. The highest BCUT2D eigenvalue weighted by molar-refractivity contribution is 7.13. The van der Waals surface area contributed by atoms with Gasteiger partial charge in [-0.2, -0.15) is 0 Å². The van der Waals surface area contributed by atoms with Crippen LogP contribution in [0.2, 0.25) is 0 Å². The highest BCUT2D eigenvalue weighted by Crippen LogP contribution is 2.14. The number of esters is 1. The summed E-state index contributed by atoms with van der Waals surface area (Å²) in [5.74, 6) is -1.00. The molecule has 7 heteroatoms. The number of hydrogen-bond acceptors (Lipinski definition) is 6. The van der Waals surface area contributed by atoms with E-state index in [0.717, 1.165) is 11.4 Å². The van der Waals surface area contributed by atoms with E-state index in [0.29, 0.717) is 10.7 Å². The van der Waals surface area contributed by atoms with Crippen molar-refractivity contribution in [1.29, 1.82) is 0 Å². The first kappa shape index (κ1) is 14.1. The first-order valence-electron chi connectivity index (χ1n) is 5.86. The number of anilines is 1. The van der Waals surface area contributed by atoms with E-state index < -0.39 is 11.9 Å². The van der Waals surface area contributed by atoms with Crippen molar-refractivity contribution in [1.82, 2.24) is 9.97 Å². The lowest BCUT2D eigenvalue weighted by Crippen LogP contribution is -2.20. The summed E-state index contributed by atoms with van der Waals surface area (Å²) < 4.78 is 4.89. The number of aryl methyl sites for hydroxylation is 2. The molecule has 0 aromatic carbocycles. The van der Waals surface area contributed by atoms with Crippen LogP contribution in [0.25, 0.3) is 0 Å². The van der Waals surface area contributed by atoms with Crippen LogP contribution >= 0.6 is 11.3 Å². The maximum atomic E-state index is 11.7. The Labute approximate surface area is 119 Å². The summed E-state index contributed by atoms with van der Waals surface area (Å²) in [6, 6.07) is 3.31. The third-order valence-electron chi connectivity index (χ3n) is 2.35. The SMILES string of the molecule is Cc1ccc(C(=O)OCC(=O)Nc2nc(C)cs2)cn1. The van der Waals surface area contributed by atoms with Crippen LogP contribution in [0.15, 0.2) is 23.7 Å². The van der Waals surface area contributed by atoms with E-state index in [9.17, 15) is 9.59 Å². The number of nitrogens with zero attached hydrogens (tertiary/aromatic N) is 2. The van der Waals surface area contributed by atoms with E-state index in [-0.39, 0.29) is 6.61 Å². The zero-order valence-electron chi connectivity index (χ0n) is 11.0. The highest BCUT2D eigenvalue weighted by Gasteiger charge is 2.11. The van der Waals surface area contributed by atoms with Gasteiger partial charge in [-0.3, -0.25) is 15.1 Å². The molecule has 0 saturated carbocycles. The van der Waals surface area contributed by atoms with Crippen molar-refractivity contribution in [2.24, 2.45) is 0 Å². The second-order valence-corrected chi connectivity index (χ2v) is 4.96. The molecule has 2 rings (SSSR count). The van der Waals surface area contributed by atoms with Gasteiger partial charge in [-0.05, 0) is 26.0 Å². The fourth-order valence-corrected chi connectivity index (χ4v) is 2.07. The van der Waals surface area contributed by atoms with Gasteiger partial charge in [0.15, 0.2) is 11.7 Å². The summed E-state index contributed by atoms with van der Waals surface area (Å²) >= 11 is 1.32. The number of amides is 1. The monoisotopic (exact) mass is 291 g/mol. The van der Waals surface area contributed by atoms with Crippen molar-refractivity contribution in [2.75, 3.05) is 11.9 Å². The fraction of sp³-hybridized carbons (Fsp3) is 0.231. The quantitative estimate of drug-likeness (QED) is 0.871. The predicted molar refractivity (Wildman–Crippen MR) is 74.7 cm³/mol. The van der Waals surface area contributed by atoms with Crippen LogP contribution in [0.1, 0.15) is 21.7 Å². The summed E-state index contributed by atoms with van der Waals surface area (Å²) in [5.41, 5.74) is 1.94. The molecule has 2 heterocycles. The Kier molecular flexibility index (Phi) is 4.41. The fourth-order valence-electron chi connectivity index (χ4n) is 1.37. The molecule has 0 unspecified atom stereocenters. The number of pyridine rings is 1. The Bertz CT molecular complexity index is 622. The minimum absolute atomic E-state index is 0.313. The molecule has 20 heavy (non-hydrogen) atoms. The molecule has 1 N–H and O–H groups in total. The summed E-state index contributed by atoms with van der Waals surface area (Å²) in [7, 11) is 0. The van der Waals surface area contributed by atoms with E-state index in [1.807, 2.05) is 19.2 Å². The van der Waals surface area contributed by atoms with Gasteiger partial charge in [0.05, 0.1) is 11.3 Å². The maximum Gasteiger partial charge on any atom is 0.340 e. The highest BCUT2D eigenvalue weighted by atomic mass is 32.1. The Morgan fingerprint density at radius 2 is 2.10 bits per heavy atom. The van der Waals surface area contributed by atoms with Crippen molar-refractivity contribution in [3.8, 4) is 0 Å². The van der Waals surface area contributed by atoms with E-state index in [2.05, 4.69) is 15.3 Å². The van der Waals surface area contributed by atoms with Gasteiger partial charge in [-0.15, -0.1) is 11.3 Å². The molecule has 0 radical (unpaired) electrons. The molecule has 6 nitrogen and oxygen atoms in total. The van der Waals surface area contributed by atoms with Crippen LogP contribution in [0.4, 0.5) is 5.13 Å². The lowest BCUT2D eigenvalue weighted by Gasteiger charge is -2.04. The Morgan fingerprint density at radius 3 is 2.70 bits per heavy atom. The molecule has 0 bridgehead atoms. The molecule has 104 valence electrons. The third-order valence-corrected chi connectivity index (χ3v) is 3.22. The number of thiazole rings is 1. The summed E-state index contributed by atoms with van der Waals surface area (Å²) in [6.07, 6.45) is 1.42. The maximum absolute atomic E-state index is 11.7. The lowest BCUT2D eigenvalue weighted by atomic mass is 10.2. The minimum Gasteiger partial charge on any atom is -0.452 e. The van der Waals surface area contributed by atoms with Crippen LogP contribution in [0.3, 0.4) is 0 Å². The Balaban J connectivity index is 1.84. The molecule has 1 amide bonds. The van der Waals surface area contributed by atoms with Gasteiger partial charge in [0, 0.05) is 17.3 Å². The van der Waals surface area contributed by atoms with E-state index in [4.69, 9.17) is 4.74 Å². The molecular weight excluding hydrogens is 278 g/mol. The van der Waals surface area contributed by atoms with Crippen LogP contribution in [-0.4, -0.2) is 28.5 Å². The van der Waals surface area contributed by atoms with Gasteiger partial charge in [0.2, 0.25) is 0 Å². The topological polar surface area (TPSA) is 81.2 Å². The smallest absolute Gasteiger partial charge is 0.340 e. The normalized spacial score (nSPS) is 10.1. The van der Waals surface area contributed by atoms with Gasteiger partial charge in [0.25, 0.3) is 5.91 Å². The minimum atomic E-state index is -0.581. The Morgan fingerprint density at radius 1 is 1.30 bits per heavy atom. The van der Waals surface area contributed by atoms with Crippen molar-refractivity contribution >= 4 is 28.3 Å². The molecule has 2 aromatic rings. The zero-order chi connectivity index (χ0) is 14.5. The summed E-state index contributed by atoms with van der Waals surface area (Å²) in [4.78, 5) is 31.3. The lowest BCUT2D eigenvalue weighted by molar-refractivity contribution is -0.119. The van der Waals surface area contributed by atoms with E-state index in [1.54, 1.807) is 12.1 Å². The number of hydrogen-bond donors (Lipinski definition) is 1. The van der Waals surface area contributed by atoms with Gasteiger partial charge in [-0.1, -0.05) is 0 Å². The number of carbonyl (C=O) groups is 2. The van der Waals surface area contributed by atoms with Crippen molar-refractivity contribution in [3.63, 3.8) is 0 Å². The average Bonchev–Trinajstić information content (AvgIpc) is 2.82. The number of ether oxygens (including phenoxy) is 1. The largest absolute Gasteiger partial charge is 0.452 e. The van der Waals surface area contributed by atoms with Crippen LogP contribution in [-0.2, 0) is 9.53 Å². The molecule has 2 aromatic heterocycles. The predicted octanol–water partition coefficient (Wildman–Crippen LogP) is 1.95. The Hall–Kier alpha value is -2.28. The molecule has 0 saturated heterocycles. The number of rotatable bonds is 4. The molecule has 0 aliphatic carbocycles. The van der Waals surface area contributed by atoms with E-state index in [1.165, 1.54) is 17.5 Å². The number of aromatic nitrogens is 2. The summed E-state index contributed by atoms with van der Waals surface area (Å²) in [6.45, 7) is 3.29. The van der Waals surface area contributed by atoms with Gasteiger partial charge in [-0.25, -0.2) is 9.78 Å². The first-order chi connectivity index (χ1) is 9.54. The molecular formula is C13H13N3O3S. The van der Waals surface area contributed by atoms with Crippen molar-refractivity contribution in [2.45, 2.75) is 13.8 Å². The molecule has 0 spiro atoms. The average molecular weight is 291 g/mol. The second-order valence-electron chi connectivity index (χ2n) is 4.11. The van der Waals surface area contributed by atoms with E-state index >= 15 is 0 Å².